The maximum atomic E-state index is 15.1. The topological polar surface area (TPSA) is 204 Å². The quantitative estimate of drug-likeness (QED) is 0.254. The third kappa shape index (κ3) is 9.75. The number of carbonyl (C=O) groups is 4. The number of hydrogen-bond donors (Lipinski definition) is 3. The summed E-state index contributed by atoms with van der Waals surface area (Å²) in [6, 6.07) is 2.23. The van der Waals surface area contributed by atoms with Crippen LogP contribution in [0, 0.1) is 17.8 Å². The van der Waals surface area contributed by atoms with Gasteiger partial charge in [-0.25, -0.2) is 23.2 Å². The molecule has 0 radical (unpaired) electrons. The van der Waals surface area contributed by atoms with E-state index >= 15 is 4.79 Å². The van der Waals surface area contributed by atoms with Crippen LogP contribution in [0.2, 0.25) is 0 Å². The second-order valence-electron chi connectivity index (χ2n) is 18.1. The van der Waals surface area contributed by atoms with Gasteiger partial charge in [-0.15, -0.1) is 0 Å². The van der Waals surface area contributed by atoms with Crippen LogP contribution in [-0.2, 0) is 33.9 Å². The molecule has 2 aromatic rings. The van der Waals surface area contributed by atoms with Gasteiger partial charge >= 0.3 is 12.3 Å². The minimum absolute atomic E-state index is 0.0816. The van der Waals surface area contributed by atoms with Gasteiger partial charge in [-0.2, -0.15) is 13.2 Å². The number of carbonyl (C=O) groups excluding carboxylic acids is 4. The van der Waals surface area contributed by atoms with Crippen molar-refractivity contribution >= 4 is 44.9 Å². The van der Waals surface area contributed by atoms with Gasteiger partial charge in [-0.05, 0) is 77.3 Å². The Morgan fingerprint density at radius 1 is 1.08 bits per heavy atom. The molecule has 0 unspecified atom stereocenters. The van der Waals surface area contributed by atoms with Crippen molar-refractivity contribution in [1.29, 1.82) is 0 Å². The fourth-order valence-corrected chi connectivity index (χ4v) is 9.33. The van der Waals surface area contributed by atoms with Gasteiger partial charge in [-0.1, -0.05) is 32.9 Å². The zero-order valence-corrected chi connectivity index (χ0v) is 37.1. The van der Waals surface area contributed by atoms with Crippen LogP contribution in [0.5, 0.6) is 11.6 Å². The number of nitrogens with one attached hydrogen (secondary N) is 3. The first-order valence-electron chi connectivity index (χ1n) is 20.9. The molecule has 1 saturated heterocycles. The second kappa shape index (κ2) is 17.4. The Morgan fingerprint density at radius 3 is 2.42 bits per heavy atom. The molecule has 4 aliphatic rings. The average Bonchev–Trinajstić information content (AvgIpc) is 4.07. The molecule has 1 aromatic heterocycles. The highest BCUT2D eigenvalue weighted by Gasteiger charge is 2.63. The monoisotopic (exact) mass is 894 g/mol. The van der Waals surface area contributed by atoms with Crippen molar-refractivity contribution < 1.29 is 59.7 Å². The van der Waals surface area contributed by atoms with Gasteiger partial charge in [0.25, 0.3) is 5.91 Å². The molecule has 2 saturated carbocycles. The Morgan fingerprint density at radius 2 is 1.79 bits per heavy atom. The number of allylic oxidation sites excluding steroid dienone is 1. The van der Waals surface area contributed by atoms with Gasteiger partial charge in [0, 0.05) is 37.4 Å². The molecule has 4 amide bonds. The molecule has 16 nitrogen and oxygen atoms in total. The number of nitrogens with zero attached hydrogens (tertiary/aromatic N) is 3. The minimum Gasteiger partial charge on any atom is -0.497 e. The van der Waals surface area contributed by atoms with Crippen molar-refractivity contribution in [3.63, 3.8) is 0 Å². The summed E-state index contributed by atoms with van der Waals surface area (Å²) in [6.45, 7) is 8.23. The standard InChI is InChI=1S/C42H57F3N6O10S/c1-23(2)32-35(47-30-18-27(59-8)13-14-29(30)46-32)60-28-19-31-34(52)49-41(37(54)50-62(56,57)40(6)15-16-40)20-26(41)12-10-9-11-24(3)17-25(22-58-7)33(36(53)51(31)21-28)48-38(55)61-39(4,5)42(43,44)45/h10,12-14,18,23-26,28,31,33H,9,11,15-17,19-22H2,1-8H3,(H,48,55)(H,49,52)(H,50,54)/b12-10-/t24-,25+,26-,28-,31+,33+,41-/m1/s1. The van der Waals surface area contributed by atoms with E-state index in [1.807, 2.05) is 26.8 Å². The van der Waals surface area contributed by atoms with E-state index in [2.05, 4.69) is 15.4 Å². The van der Waals surface area contributed by atoms with E-state index in [-0.39, 0.29) is 50.1 Å². The van der Waals surface area contributed by atoms with Gasteiger partial charge in [0.05, 0.1) is 36.0 Å². The number of alkyl carbamates (subject to hydrolysis) is 1. The fraction of sp³-hybridized carbons (Fsp3) is 0.667. The average molecular weight is 895 g/mol. The number of aromatic nitrogens is 2. The molecule has 6 rings (SSSR count). The van der Waals surface area contributed by atoms with Crippen LogP contribution in [0.25, 0.3) is 11.0 Å². The van der Waals surface area contributed by atoms with Crippen LogP contribution in [0.4, 0.5) is 18.0 Å². The van der Waals surface area contributed by atoms with Crippen LogP contribution in [-0.4, -0.2) is 115 Å². The predicted octanol–water partition coefficient (Wildman–Crippen LogP) is 5.06. The summed E-state index contributed by atoms with van der Waals surface area (Å²) in [5.41, 5.74) is -3.10. The highest BCUT2D eigenvalue weighted by Crippen LogP contribution is 2.48. The molecule has 0 bridgehead atoms. The Bertz CT molecular complexity index is 2200. The molecule has 3 fully saturated rings. The Hall–Kier alpha value is -4.72. The molecule has 62 heavy (non-hydrogen) atoms. The highest BCUT2D eigenvalue weighted by atomic mass is 32.2. The van der Waals surface area contributed by atoms with E-state index in [1.165, 1.54) is 26.0 Å². The molecule has 2 aliphatic carbocycles. The molecule has 0 spiro atoms. The lowest BCUT2D eigenvalue weighted by Crippen LogP contribution is -2.60. The third-order valence-corrected chi connectivity index (χ3v) is 14.6. The molecule has 1 aromatic carbocycles. The van der Waals surface area contributed by atoms with E-state index in [4.69, 9.17) is 28.9 Å². The van der Waals surface area contributed by atoms with Crippen LogP contribution in [0.1, 0.15) is 98.1 Å². The molecular weight excluding hydrogens is 838 g/mol. The molecule has 342 valence electrons. The SMILES string of the molecule is COC[C@@H]1C[C@H](C)CC/C=C\[C@@H]2C[C@@]2(C(=O)NS(=O)(=O)C2(C)CC2)NC(=O)[C@@H]2C[C@@H](Oc3nc4cc(OC)ccc4nc3C(C)C)CN2C(=O)[C@H]1NC(=O)OC(C)(C)C(F)(F)F. The number of benzene rings is 1. The lowest BCUT2D eigenvalue weighted by atomic mass is 9.87. The Balaban J connectivity index is 1.40. The summed E-state index contributed by atoms with van der Waals surface area (Å²) in [4.78, 5) is 67.8. The van der Waals surface area contributed by atoms with Crippen molar-refractivity contribution in [3.8, 4) is 11.6 Å². The van der Waals surface area contributed by atoms with E-state index in [1.54, 1.807) is 24.3 Å². The maximum Gasteiger partial charge on any atom is 0.427 e. The molecular formula is C42H57F3N6O10S. The maximum absolute atomic E-state index is 15.1. The van der Waals surface area contributed by atoms with Crippen LogP contribution < -0.4 is 24.8 Å². The van der Waals surface area contributed by atoms with Crippen LogP contribution in [0.15, 0.2) is 30.4 Å². The number of amides is 4. The number of halogens is 3. The van der Waals surface area contributed by atoms with E-state index in [0.717, 1.165) is 0 Å². The smallest absolute Gasteiger partial charge is 0.427 e. The first kappa shape index (κ1) is 46.8. The second-order valence-corrected chi connectivity index (χ2v) is 20.3. The van der Waals surface area contributed by atoms with Crippen molar-refractivity contribution in [3.05, 3.63) is 36.0 Å². The number of methoxy groups -OCH3 is 2. The number of hydrogen-bond acceptors (Lipinski definition) is 12. The molecule has 3 N–H and O–H groups in total. The molecule has 3 heterocycles. The first-order chi connectivity index (χ1) is 28.9. The van der Waals surface area contributed by atoms with Gasteiger partial charge in [0.15, 0.2) is 0 Å². The largest absolute Gasteiger partial charge is 0.497 e. The fourth-order valence-electron chi connectivity index (χ4n) is 8.02. The summed E-state index contributed by atoms with van der Waals surface area (Å²) >= 11 is 0. The summed E-state index contributed by atoms with van der Waals surface area (Å²) < 4.78 is 91.5. The van der Waals surface area contributed by atoms with Gasteiger partial charge in [-0.3, -0.25) is 19.1 Å². The van der Waals surface area contributed by atoms with E-state index in [0.29, 0.717) is 62.0 Å². The predicted molar refractivity (Wildman–Crippen MR) is 219 cm³/mol. The number of rotatable bonds is 11. The summed E-state index contributed by atoms with van der Waals surface area (Å²) in [6.07, 6.45) is -1.79. The summed E-state index contributed by atoms with van der Waals surface area (Å²) in [5, 5.41) is 5.20. The summed E-state index contributed by atoms with van der Waals surface area (Å²) in [7, 11) is -1.21. The van der Waals surface area contributed by atoms with E-state index < -0.39 is 85.9 Å². The number of fused-ring (bicyclic) bond motifs is 3. The van der Waals surface area contributed by atoms with Crippen molar-refractivity contribution in [2.75, 3.05) is 27.4 Å². The lowest BCUT2D eigenvalue weighted by molar-refractivity contribution is -0.244. The third-order valence-electron chi connectivity index (χ3n) is 12.5. The molecule has 7 atom stereocenters. The zero-order valence-electron chi connectivity index (χ0n) is 36.3. The summed E-state index contributed by atoms with van der Waals surface area (Å²) in [5.74, 6) is -3.61. The lowest BCUT2D eigenvalue weighted by Gasteiger charge is -2.35. The minimum atomic E-state index is -4.95. The molecule has 20 heteroatoms. The first-order valence-corrected chi connectivity index (χ1v) is 22.4. The van der Waals surface area contributed by atoms with Crippen LogP contribution in [0.3, 0.4) is 0 Å². The Kier molecular flexibility index (Phi) is 13.2. The number of sulfonamides is 1. The normalized spacial score (nSPS) is 28.4. The highest BCUT2D eigenvalue weighted by molar-refractivity contribution is 7.91. The zero-order chi connectivity index (χ0) is 45.6. The Labute approximate surface area is 359 Å². The molecule has 2 aliphatic heterocycles. The van der Waals surface area contributed by atoms with Gasteiger partial charge in [0.2, 0.25) is 33.3 Å². The van der Waals surface area contributed by atoms with E-state index in [9.17, 15) is 36.0 Å². The van der Waals surface area contributed by atoms with Gasteiger partial charge < -0.3 is 34.5 Å². The van der Waals surface area contributed by atoms with Crippen molar-refractivity contribution in [1.82, 2.24) is 30.2 Å². The van der Waals surface area contributed by atoms with Crippen molar-refractivity contribution in [2.24, 2.45) is 17.8 Å². The van der Waals surface area contributed by atoms with Crippen LogP contribution >= 0.6 is 0 Å². The number of alkyl halides is 3. The number of ether oxygens (including phenoxy) is 4. The van der Waals surface area contributed by atoms with Gasteiger partial charge in [0.1, 0.15) is 35.2 Å². The van der Waals surface area contributed by atoms with Crippen molar-refractivity contribution in [2.45, 2.75) is 133 Å².